The number of ether oxygens (including phenoxy) is 1. The van der Waals surface area contributed by atoms with Gasteiger partial charge in [-0.2, -0.15) is 13.2 Å². The zero-order valence-electron chi connectivity index (χ0n) is 15.4. The summed E-state index contributed by atoms with van der Waals surface area (Å²) >= 11 is 12.3. The quantitative estimate of drug-likeness (QED) is 0.372. The van der Waals surface area contributed by atoms with E-state index < -0.39 is 16.9 Å². The normalized spacial score (nSPS) is 19.2. The zero-order valence-corrected chi connectivity index (χ0v) is 17.8. The highest BCUT2D eigenvalue weighted by molar-refractivity contribution is 7.99. The molecule has 1 unspecified atom stereocenters. The van der Waals surface area contributed by atoms with Crippen molar-refractivity contribution in [1.29, 1.82) is 0 Å². The van der Waals surface area contributed by atoms with Gasteiger partial charge in [0.25, 0.3) is 0 Å². The molecule has 154 valence electrons. The average molecular weight is 462 g/mol. The molecule has 0 radical (unpaired) electrons. The molecule has 1 heterocycles. The van der Waals surface area contributed by atoms with Crippen molar-refractivity contribution in [2.24, 2.45) is 4.40 Å². The topological polar surface area (TPSA) is 38.7 Å². The van der Waals surface area contributed by atoms with Gasteiger partial charge in [0, 0.05) is 16.5 Å². The molecule has 0 fully saturated rings. The largest absolute Gasteiger partial charge is 0.462 e. The summed E-state index contributed by atoms with van der Waals surface area (Å²) in [6.45, 7) is 3.64. The van der Waals surface area contributed by atoms with Crippen molar-refractivity contribution in [3.8, 4) is 0 Å². The lowest BCUT2D eigenvalue weighted by Gasteiger charge is -2.30. The maximum absolute atomic E-state index is 14.1. The van der Waals surface area contributed by atoms with Crippen molar-refractivity contribution in [3.05, 3.63) is 68.7 Å². The molecule has 0 saturated carbocycles. The Morgan fingerprint density at radius 1 is 1.21 bits per heavy atom. The summed E-state index contributed by atoms with van der Waals surface area (Å²) in [6, 6.07) is 8.68. The van der Waals surface area contributed by atoms with Gasteiger partial charge < -0.3 is 4.74 Å². The Bertz CT molecular complexity index is 974. The fourth-order valence-electron chi connectivity index (χ4n) is 3.13. The van der Waals surface area contributed by atoms with Crippen molar-refractivity contribution in [3.63, 3.8) is 0 Å². The molecule has 0 aliphatic carbocycles. The number of carbonyl (C=O) groups excluding carboxylic acids is 1. The van der Waals surface area contributed by atoms with Gasteiger partial charge in [0.15, 0.2) is 4.75 Å². The molecule has 2 aromatic rings. The molecule has 0 saturated heterocycles. The summed E-state index contributed by atoms with van der Waals surface area (Å²) in [5.41, 5.74) is 1.71. The van der Waals surface area contributed by atoms with E-state index in [2.05, 4.69) is 4.40 Å². The van der Waals surface area contributed by atoms with Crippen LogP contribution in [0.4, 0.5) is 13.2 Å². The van der Waals surface area contributed by atoms with Gasteiger partial charge in [-0.05, 0) is 72.8 Å². The molecule has 3 rings (SSSR count). The first-order valence-corrected chi connectivity index (χ1v) is 10.2. The van der Waals surface area contributed by atoms with E-state index in [0.29, 0.717) is 28.6 Å². The number of carbonyl (C=O) groups is 1. The number of hydrogen-bond donors (Lipinski definition) is 0. The van der Waals surface area contributed by atoms with Crippen LogP contribution >= 0.6 is 35.1 Å². The predicted molar refractivity (Wildman–Crippen MR) is 110 cm³/mol. The first kappa shape index (κ1) is 22.0. The van der Waals surface area contributed by atoms with Gasteiger partial charge in [-0.15, -0.1) is 0 Å². The van der Waals surface area contributed by atoms with Gasteiger partial charge in [0.1, 0.15) is 0 Å². The Kier molecular flexibility index (Phi) is 6.22. The fraction of sp³-hybridized carbons (Fsp3) is 0.300. The zero-order chi connectivity index (χ0) is 21.4. The third-order valence-electron chi connectivity index (χ3n) is 4.57. The molecule has 1 aliphatic rings. The first-order chi connectivity index (χ1) is 13.6. The molecule has 0 N–H and O–H groups in total. The number of hydrogen-bond acceptors (Lipinski definition) is 4. The van der Waals surface area contributed by atoms with Gasteiger partial charge in [0.2, 0.25) is 0 Å². The number of alkyl halides is 3. The average Bonchev–Trinajstić information content (AvgIpc) is 3.07. The SMILES string of the molecule is CCOC(=O)c1ccc(C2=NSC(c3cc(Cl)cc(Cl)c3)(C(F)(F)F)C2)cc1C. The molecule has 9 heteroatoms. The van der Waals surface area contributed by atoms with E-state index >= 15 is 0 Å². The summed E-state index contributed by atoms with van der Waals surface area (Å²) in [7, 11) is 0. The predicted octanol–water partition coefficient (Wildman–Crippen LogP) is 6.78. The molecule has 3 nitrogen and oxygen atoms in total. The summed E-state index contributed by atoms with van der Waals surface area (Å²) in [6.07, 6.45) is -4.97. The van der Waals surface area contributed by atoms with Crippen LogP contribution in [-0.4, -0.2) is 24.5 Å². The van der Waals surface area contributed by atoms with Gasteiger partial charge in [-0.3, -0.25) is 0 Å². The van der Waals surface area contributed by atoms with Crippen molar-refractivity contribution in [2.45, 2.75) is 31.2 Å². The lowest BCUT2D eigenvalue weighted by molar-refractivity contribution is -0.159. The van der Waals surface area contributed by atoms with Crippen LogP contribution in [0.3, 0.4) is 0 Å². The van der Waals surface area contributed by atoms with Crippen LogP contribution in [0.2, 0.25) is 10.0 Å². The Morgan fingerprint density at radius 3 is 2.41 bits per heavy atom. The van der Waals surface area contributed by atoms with Crippen LogP contribution in [-0.2, 0) is 9.48 Å². The smallest absolute Gasteiger partial charge is 0.409 e. The molecular formula is C20H16Cl2F3NO2S. The van der Waals surface area contributed by atoms with Crippen LogP contribution in [0.25, 0.3) is 0 Å². The molecular weight excluding hydrogens is 446 g/mol. The van der Waals surface area contributed by atoms with Crippen molar-refractivity contribution >= 4 is 46.8 Å². The standard InChI is InChI=1S/C20H16Cl2F3NO2S/c1-3-28-18(27)16-5-4-12(6-11(16)2)17-10-19(29-26-17,20(23,24)25)13-7-14(21)9-15(22)8-13/h4-9H,3,10H2,1-2H3. The number of esters is 1. The molecule has 0 bridgehead atoms. The monoisotopic (exact) mass is 461 g/mol. The maximum atomic E-state index is 14.1. The van der Waals surface area contributed by atoms with E-state index in [0.717, 1.165) is 0 Å². The number of aryl methyl sites for hydroxylation is 1. The lowest BCUT2D eigenvalue weighted by Crippen LogP contribution is -2.38. The molecule has 0 aromatic heterocycles. The van der Waals surface area contributed by atoms with Crippen molar-refractivity contribution < 1.29 is 22.7 Å². The third-order valence-corrected chi connectivity index (χ3v) is 6.24. The Balaban J connectivity index is 1.97. The highest BCUT2D eigenvalue weighted by Crippen LogP contribution is 2.57. The summed E-state index contributed by atoms with van der Waals surface area (Å²) < 4.78 is 49.3. The van der Waals surface area contributed by atoms with Gasteiger partial charge >= 0.3 is 12.1 Å². The van der Waals surface area contributed by atoms with Crippen LogP contribution in [0, 0.1) is 6.92 Å². The second-order valence-corrected chi connectivity index (χ2v) is 8.47. The van der Waals surface area contributed by atoms with Gasteiger partial charge in [0.05, 0.1) is 17.9 Å². The van der Waals surface area contributed by atoms with E-state index in [-0.39, 0.29) is 34.3 Å². The Labute approximate surface area is 180 Å². The van der Waals surface area contributed by atoms with Crippen LogP contribution < -0.4 is 0 Å². The Hall–Kier alpha value is -1.70. The van der Waals surface area contributed by atoms with E-state index in [1.165, 1.54) is 18.2 Å². The summed E-state index contributed by atoms with van der Waals surface area (Å²) in [4.78, 5) is 12.0. The minimum Gasteiger partial charge on any atom is -0.462 e. The molecule has 29 heavy (non-hydrogen) atoms. The molecule has 0 amide bonds. The van der Waals surface area contributed by atoms with E-state index in [1.54, 1.807) is 32.0 Å². The molecule has 1 aliphatic heterocycles. The van der Waals surface area contributed by atoms with Crippen LogP contribution in [0.5, 0.6) is 0 Å². The molecule has 0 spiro atoms. The van der Waals surface area contributed by atoms with Crippen molar-refractivity contribution in [2.75, 3.05) is 6.61 Å². The first-order valence-electron chi connectivity index (χ1n) is 8.64. The number of benzene rings is 2. The highest BCUT2D eigenvalue weighted by Gasteiger charge is 2.60. The second kappa shape index (κ2) is 8.20. The fourth-order valence-corrected chi connectivity index (χ4v) is 4.62. The van der Waals surface area contributed by atoms with E-state index in [1.807, 2.05) is 0 Å². The minimum absolute atomic E-state index is 0.0499. The highest BCUT2D eigenvalue weighted by atomic mass is 35.5. The molecule has 2 aromatic carbocycles. The van der Waals surface area contributed by atoms with E-state index in [9.17, 15) is 18.0 Å². The third kappa shape index (κ3) is 4.27. The van der Waals surface area contributed by atoms with Crippen molar-refractivity contribution in [1.82, 2.24) is 0 Å². The van der Waals surface area contributed by atoms with Gasteiger partial charge in [-0.25, -0.2) is 9.19 Å². The second-order valence-electron chi connectivity index (χ2n) is 6.54. The number of nitrogens with zero attached hydrogens (tertiary/aromatic N) is 1. The maximum Gasteiger partial charge on any atom is 0.409 e. The summed E-state index contributed by atoms with van der Waals surface area (Å²) in [5, 5.41) is 0.250. The number of halogens is 5. The molecule has 1 atom stereocenters. The number of rotatable bonds is 4. The minimum atomic E-state index is -4.59. The summed E-state index contributed by atoms with van der Waals surface area (Å²) in [5.74, 6) is -0.475. The van der Waals surface area contributed by atoms with E-state index in [4.69, 9.17) is 27.9 Å². The van der Waals surface area contributed by atoms with Gasteiger partial charge in [-0.1, -0.05) is 29.3 Å². The Morgan fingerprint density at radius 2 is 1.86 bits per heavy atom. The van der Waals surface area contributed by atoms with Crippen LogP contribution in [0.1, 0.15) is 40.4 Å². The van der Waals surface area contributed by atoms with Crippen LogP contribution in [0.15, 0.2) is 40.8 Å². The lowest BCUT2D eigenvalue weighted by atomic mass is 9.89.